The van der Waals surface area contributed by atoms with Gasteiger partial charge in [0.1, 0.15) is 6.61 Å². The zero-order valence-corrected chi connectivity index (χ0v) is 34.8. The van der Waals surface area contributed by atoms with E-state index in [1.807, 2.05) is 0 Å². The Morgan fingerprint density at radius 1 is 0.442 bits per heavy atom. The van der Waals surface area contributed by atoms with Gasteiger partial charge in [0.2, 0.25) is 0 Å². The molecule has 0 rings (SSSR count). The van der Waals surface area contributed by atoms with Crippen LogP contribution in [0, 0.1) is 0 Å². The van der Waals surface area contributed by atoms with Crippen LogP contribution in [-0.4, -0.2) is 36.4 Å². The van der Waals surface area contributed by atoms with E-state index in [4.69, 9.17) is 9.47 Å². The van der Waals surface area contributed by atoms with Crippen molar-refractivity contribution in [3.05, 3.63) is 24.3 Å². The first-order chi connectivity index (χ1) is 25.6. The molecule has 52 heavy (non-hydrogen) atoms. The minimum absolute atomic E-state index is 0.0633. The van der Waals surface area contributed by atoms with Crippen molar-refractivity contribution in [2.24, 2.45) is 0 Å². The van der Waals surface area contributed by atoms with Crippen molar-refractivity contribution in [3.63, 3.8) is 0 Å². The van der Waals surface area contributed by atoms with Crippen LogP contribution < -0.4 is 0 Å². The Kier molecular flexibility index (Phi) is 42.4. The molecule has 306 valence electrons. The molecular weight excluding hydrogens is 645 g/mol. The molecule has 1 unspecified atom stereocenters. The maximum Gasteiger partial charge on any atom is 0.306 e. The predicted octanol–water partition coefficient (Wildman–Crippen LogP) is 14.6. The van der Waals surface area contributed by atoms with E-state index in [1.165, 1.54) is 173 Å². The molecule has 1 atom stereocenters. The smallest absolute Gasteiger partial charge is 0.306 e. The number of aliphatic hydroxyl groups is 1. The van der Waals surface area contributed by atoms with Crippen molar-refractivity contribution in [3.8, 4) is 0 Å². The van der Waals surface area contributed by atoms with Gasteiger partial charge >= 0.3 is 11.9 Å². The highest BCUT2D eigenvalue weighted by molar-refractivity contribution is 5.70. The molecule has 0 saturated heterocycles. The van der Waals surface area contributed by atoms with Gasteiger partial charge in [-0.25, -0.2) is 0 Å². The lowest BCUT2D eigenvalue weighted by molar-refractivity contribution is -0.161. The molecule has 0 fully saturated rings. The maximum atomic E-state index is 12.2. The van der Waals surface area contributed by atoms with Gasteiger partial charge < -0.3 is 14.6 Å². The van der Waals surface area contributed by atoms with Crippen LogP contribution in [0.1, 0.15) is 245 Å². The minimum atomic E-state index is -0.768. The Morgan fingerprint density at radius 2 is 0.769 bits per heavy atom. The van der Waals surface area contributed by atoms with Crippen molar-refractivity contribution in [1.82, 2.24) is 0 Å². The molecule has 0 saturated carbocycles. The first kappa shape index (κ1) is 50.4. The second-order valence-corrected chi connectivity index (χ2v) is 15.5. The fourth-order valence-corrected chi connectivity index (χ4v) is 6.76. The van der Waals surface area contributed by atoms with Crippen LogP contribution in [0.3, 0.4) is 0 Å². The summed E-state index contributed by atoms with van der Waals surface area (Å²) in [6, 6.07) is 0. The molecule has 0 aliphatic carbocycles. The summed E-state index contributed by atoms with van der Waals surface area (Å²) in [6.07, 6.45) is 52.5. The molecule has 0 spiro atoms. The van der Waals surface area contributed by atoms with E-state index >= 15 is 0 Å². The van der Waals surface area contributed by atoms with Crippen molar-refractivity contribution in [2.75, 3.05) is 13.2 Å². The highest BCUT2D eigenvalue weighted by atomic mass is 16.6. The molecular formula is C47H88O5. The summed E-state index contributed by atoms with van der Waals surface area (Å²) < 4.78 is 10.7. The average Bonchev–Trinajstić information content (AvgIpc) is 3.15. The molecule has 5 nitrogen and oxygen atoms in total. The number of carbonyl (C=O) groups excluding carboxylic acids is 2. The predicted molar refractivity (Wildman–Crippen MR) is 224 cm³/mol. The molecule has 0 aromatic carbocycles. The number of hydrogen-bond donors (Lipinski definition) is 1. The normalized spacial score (nSPS) is 12.3. The Bertz CT molecular complexity index is 791. The maximum absolute atomic E-state index is 12.2. The molecule has 0 amide bonds. The van der Waals surface area contributed by atoms with Crippen LogP contribution >= 0.6 is 0 Å². The Morgan fingerprint density at radius 3 is 1.17 bits per heavy atom. The third-order valence-electron chi connectivity index (χ3n) is 10.2. The van der Waals surface area contributed by atoms with E-state index in [0.717, 1.165) is 44.9 Å². The van der Waals surface area contributed by atoms with Gasteiger partial charge in [-0.3, -0.25) is 9.59 Å². The molecule has 0 radical (unpaired) electrons. The van der Waals surface area contributed by atoms with Crippen LogP contribution in [0.4, 0.5) is 0 Å². The SMILES string of the molecule is CCCCCC=CCC=CCCCCCCCCCCCC(=O)OCC(CO)OC(=O)CCCCCCCCCCCCCCCCCCCCC. The zero-order chi connectivity index (χ0) is 37.8. The van der Waals surface area contributed by atoms with Crippen LogP contribution in [0.25, 0.3) is 0 Å². The average molecular weight is 733 g/mol. The third kappa shape index (κ3) is 41.1. The second-order valence-electron chi connectivity index (χ2n) is 15.5. The van der Waals surface area contributed by atoms with Gasteiger partial charge in [0.05, 0.1) is 6.61 Å². The monoisotopic (exact) mass is 733 g/mol. The Labute approximate surface area is 323 Å². The number of aliphatic hydroxyl groups excluding tert-OH is 1. The number of allylic oxidation sites excluding steroid dienone is 4. The second kappa shape index (κ2) is 43.8. The highest BCUT2D eigenvalue weighted by Crippen LogP contribution is 2.16. The molecule has 0 heterocycles. The Hall–Kier alpha value is -1.62. The van der Waals surface area contributed by atoms with E-state index in [1.54, 1.807) is 0 Å². The summed E-state index contributed by atoms with van der Waals surface area (Å²) in [7, 11) is 0. The van der Waals surface area contributed by atoms with Gasteiger partial charge in [-0.1, -0.05) is 212 Å². The van der Waals surface area contributed by atoms with Gasteiger partial charge in [0, 0.05) is 12.8 Å². The summed E-state index contributed by atoms with van der Waals surface area (Å²) in [5, 5.41) is 9.59. The van der Waals surface area contributed by atoms with E-state index in [2.05, 4.69) is 38.2 Å². The van der Waals surface area contributed by atoms with Crippen LogP contribution in [-0.2, 0) is 19.1 Å². The molecule has 0 aliphatic rings. The Balaban J connectivity index is 3.49. The largest absolute Gasteiger partial charge is 0.462 e. The number of esters is 2. The molecule has 0 aromatic heterocycles. The van der Waals surface area contributed by atoms with E-state index in [9.17, 15) is 14.7 Å². The van der Waals surface area contributed by atoms with Crippen molar-refractivity contribution in [2.45, 2.75) is 251 Å². The number of unbranched alkanes of at least 4 members (excludes halogenated alkanes) is 30. The number of rotatable bonds is 42. The lowest BCUT2D eigenvalue weighted by Gasteiger charge is -2.15. The molecule has 0 bridgehead atoms. The van der Waals surface area contributed by atoms with Crippen molar-refractivity contribution < 1.29 is 24.2 Å². The van der Waals surface area contributed by atoms with Crippen LogP contribution in [0.5, 0.6) is 0 Å². The van der Waals surface area contributed by atoms with Gasteiger partial charge in [0.15, 0.2) is 6.10 Å². The van der Waals surface area contributed by atoms with E-state index in [-0.39, 0.29) is 25.2 Å². The van der Waals surface area contributed by atoms with Gasteiger partial charge in [-0.05, 0) is 44.9 Å². The highest BCUT2D eigenvalue weighted by Gasteiger charge is 2.16. The quantitative estimate of drug-likeness (QED) is 0.0384. The standard InChI is InChI=1S/C47H88O5/c1-3-5-7-9-11-13-15-17-19-21-23-25-27-29-31-33-35-37-39-41-46(49)51-44-45(43-48)52-47(50)42-40-38-36-34-32-30-28-26-24-22-20-18-16-14-12-10-8-6-4-2/h11,13,17,19,45,48H,3-10,12,14-16,18,20-44H2,1-2H3. The lowest BCUT2D eigenvalue weighted by atomic mass is 10.0. The summed E-state index contributed by atoms with van der Waals surface area (Å²) in [6.45, 7) is 4.14. The van der Waals surface area contributed by atoms with Gasteiger partial charge in [0.25, 0.3) is 0 Å². The van der Waals surface area contributed by atoms with Crippen molar-refractivity contribution >= 4 is 11.9 Å². The first-order valence-corrected chi connectivity index (χ1v) is 22.9. The molecule has 1 N–H and O–H groups in total. The molecule has 0 aromatic rings. The summed E-state index contributed by atoms with van der Waals surface area (Å²) in [5.41, 5.74) is 0. The number of carbonyl (C=O) groups is 2. The van der Waals surface area contributed by atoms with Crippen LogP contribution in [0.2, 0.25) is 0 Å². The van der Waals surface area contributed by atoms with Gasteiger partial charge in [-0.2, -0.15) is 0 Å². The topological polar surface area (TPSA) is 72.8 Å². The zero-order valence-electron chi connectivity index (χ0n) is 34.8. The van der Waals surface area contributed by atoms with Gasteiger partial charge in [-0.15, -0.1) is 0 Å². The summed E-state index contributed by atoms with van der Waals surface area (Å²) >= 11 is 0. The fraction of sp³-hybridized carbons (Fsp3) is 0.872. The van der Waals surface area contributed by atoms with E-state index in [0.29, 0.717) is 12.8 Å². The van der Waals surface area contributed by atoms with Crippen LogP contribution in [0.15, 0.2) is 24.3 Å². The van der Waals surface area contributed by atoms with Crippen molar-refractivity contribution in [1.29, 1.82) is 0 Å². The summed E-state index contributed by atoms with van der Waals surface area (Å²) in [4.78, 5) is 24.4. The van der Waals surface area contributed by atoms with E-state index < -0.39 is 6.10 Å². The molecule has 0 aliphatic heterocycles. The first-order valence-electron chi connectivity index (χ1n) is 22.9. The summed E-state index contributed by atoms with van der Waals surface area (Å²) in [5.74, 6) is -0.583. The number of hydrogen-bond acceptors (Lipinski definition) is 5. The molecule has 5 heteroatoms. The third-order valence-corrected chi connectivity index (χ3v) is 10.2. The fourth-order valence-electron chi connectivity index (χ4n) is 6.76. The lowest BCUT2D eigenvalue weighted by Crippen LogP contribution is -2.28. The number of ether oxygens (including phenoxy) is 2. The minimum Gasteiger partial charge on any atom is -0.462 e.